The number of carbonyl (C=O) groups excluding carboxylic acids is 2. The van der Waals surface area contributed by atoms with E-state index in [0.29, 0.717) is 24.4 Å². The normalized spacial score (nSPS) is 16.2. The third kappa shape index (κ3) is 3.07. The number of piperazine rings is 1. The molecule has 0 saturated carbocycles. The molecule has 1 N–H and O–H groups in total. The Morgan fingerprint density at radius 1 is 1.50 bits per heavy atom. The van der Waals surface area contributed by atoms with Crippen LogP contribution in [-0.2, 0) is 4.79 Å². The Hall–Kier alpha value is -1.88. The van der Waals surface area contributed by atoms with E-state index in [1.807, 2.05) is 4.90 Å². The number of hydrogen-bond donors (Lipinski definition) is 1. The van der Waals surface area contributed by atoms with Gasteiger partial charge in [0.1, 0.15) is 5.75 Å². The minimum atomic E-state index is -0.0281. The zero-order valence-electron chi connectivity index (χ0n) is 10.3. The van der Waals surface area contributed by atoms with Crippen LogP contribution in [0.5, 0.6) is 5.75 Å². The molecule has 5 nitrogen and oxygen atoms in total. The predicted octanol–water partition coefficient (Wildman–Crippen LogP) is 0.310. The molecule has 1 fully saturated rings. The number of Topliss-reactive ketones (excluding diaryl/α,β-unsaturated/α-hetero) is 1. The smallest absolute Gasteiger partial charge is 0.234 e. The molecule has 1 aliphatic rings. The fraction of sp³-hybridized carbons (Fsp3) is 0.385. The zero-order valence-corrected chi connectivity index (χ0v) is 10.3. The molecule has 0 aromatic heterocycles. The summed E-state index contributed by atoms with van der Waals surface area (Å²) in [4.78, 5) is 25.1. The minimum absolute atomic E-state index is 0.00333. The molecule has 0 bridgehead atoms. The summed E-state index contributed by atoms with van der Waals surface area (Å²) in [6, 6.07) is 7.06. The van der Waals surface area contributed by atoms with Crippen molar-refractivity contribution in [2.75, 3.05) is 33.3 Å². The van der Waals surface area contributed by atoms with Crippen molar-refractivity contribution in [1.82, 2.24) is 10.2 Å². The third-order valence-corrected chi connectivity index (χ3v) is 2.88. The van der Waals surface area contributed by atoms with Crippen LogP contribution in [0.25, 0.3) is 0 Å². The summed E-state index contributed by atoms with van der Waals surface area (Å²) in [5.41, 5.74) is 0.611. The summed E-state index contributed by atoms with van der Waals surface area (Å²) in [6.45, 7) is 1.86. The van der Waals surface area contributed by atoms with Crippen molar-refractivity contribution >= 4 is 11.7 Å². The maximum Gasteiger partial charge on any atom is 0.234 e. The topological polar surface area (TPSA) is 58.6 Å². The molecule has 96 valence electrons. The van der Waals surface area contributed by atoms with Gasteiger partial charge in [-0.05, 0) is 12.1 Å². The molecule has 1 aromatic rings. The fourth-order valence-electron chi connectivity index (χ4n) is 1.92. The highest BCUT2D eigenvalue weighted by Crippen LogP contribution is 2.13. The van der Waals surface area contributed by atoms with E-state index in [1.165, 1.54) is 0 Å². The Morgan fingerprint density at radius 2 is 2.33 bits per heavy atom. The number of amides is 1. The quantitative estimate of drug-likeness (QED) is 0.779. The van der Waals surface area contributed by atoms with Crippen molar-refractivity contribution in [2.45, 2.75) is 0 Å². The lowest BCUT2D eigenvalue weighted by atomic mass is 10.1. The zero-order chi connectivity index (χ0) is 13.0. The predicted molar refractivity (Wildman–Crippen MR) is 66.8 cm³/mol. The molecular weight excluding hydrogens is 232 g/mol. The van der Waals surface area contributed by atoms with Gasteiger partial charge in [0.15, 0.2) is 5.78 Å². The number of ether oxygens (including phenoxy) is 1. The first-order valence-corrected chi connectivity index (χ1v) is 5.85. The summed E-state index contributed by atoms with van der Waals surface area (Å²) < 4.78 is 5.08. The van der Waals surface area contributed by atoms with E-state index in [4.69, 9.17) is 4.74 Å². The number of nitrogens with zero attached hydrogens (tertiary/aromatic N) is 1. The van der Waals surface area contributed by atoms with E-state index < -0.39 is 0 Å². The molecular formula is C13H16N2O3. The Balaban J connectivity index is 2.00. The molecule has 1 saturated heterocycles. The summed E-state index contributed by atoms with van der Waals surface area (Å²) in [5.74, 6) is 0.639. The van der Waals surface area contributed by atoms with Gasteiger partial charge in [-0.3, -0.25) is 14.5 Å². The van der Waals surface area contributed by atoms with E-state index in [0.717, 1.165) is 0 Å². The van der Waals surface area contributed by atoms with E-state index in [-0.39, 0.29) is 24.8 Å². The summed E-state index contributed by atoms with van der Waals surface area (Å²) in [7, 11) is 1.57. The van der Waals surface area contributed by atoms with Crippen LogP contribution in [0.3, 0.4) is 0 Å². The van der Waals surface area contributed by atoms with Crippen LogP contribution in [-0.4, -0.2) is 49.9 Å². The maximum atomic E-state index is 12.1. The Kier molecular flexibility index (Phi) is 3.94. The average molecular weight is 248 g/mol. The molecule has 1 aliphatic heterocycles. The molecule has 0 aliphatic carbocycles. The fourth-order valence-corrected chi connectivity index (χ4v) is 1.92. The summed E-state index contributed by atoms with van der Waals surface area (Å²) in [6.07, 6.45) is 0. The molecule has 0 spiro atoms. The van der Waals surface area contributed by atoms with Crippen molar-refractivity contribution in [3.05, 3.63) is 29.8 Å². The highest BCUT2D eigenvalue weighted by molar-refractivity contribution is 5.98. The average Bonchev–Trinajstić information content (AvgIpc) is 2.39. The molecule has 5 heteroatoms. The first-order valence-electron chi connectivity index (χ1n) is 5.85. The molecule has 0 radical (unpaired) electrons. The van der Waals surface area contributed by atoms with Crippen LogP contribution in [0.15, 0.2) is 24.3 Å². The van der Waals surface area contributed by atoms with Crippen molar-refractivity contribution in [3.8, 4) is 5.75 Å². The van der Waals surface area contributed by atoms with E-state index in [2.05, 4.69) is 5.32 Å². The van der Waals surface area contributed by atoms with Crippen LogP contribution in [0, 0.1) is 0 Å². The van der Waals surface area contributed by atoms with Gasteiger partial charge in [0.2, 0.25) is 5.91 Å². The number of methoxy groups -OCH3 is 1. The monoisotopic (exact) mass is 248 g/mol. The van der Waals surface area contributed by atoms with E-state index >= 15 is 0 Å². The van der Waals surface area contributed by atoms with Crippen LogP contribution in [0.2, 0.25) is 0 Å². The van der Waals surface area contributed by atoms with Gasteiger partial charge in [-0.1, -0.05) is 12.1 Å². The first-order chi connectivity index (χ1) is 8.69. The number of rotatable bonds is 4. The number of ketones is 1. The molecule has 1 aromatic carbocycles. The standard InChI is InChI=1S/C13H16N2O3/c1-18-11-4-2-3-10(7-11)12(16)8-15-6-5-14-13(17)9-15/h2-4,7H,5-6,8-9H2,1H3,(H,14,17). The highest BCUT2D eigenvalue weighted by atomic mass is 16.5. The van der Waals surface area contributed by atoms with Gasteiger partial charge in [-0.25, -0.2) is 0 Å². The molecule has 18 heavy (non-hydrogen) atoms. The third-order valence-electron chi connectivity index (χ3n) is 2.88. The molecule has 0 unspecified atom stereocenters. The van der Waals surface area contributed by atoms with E-state index in [9.17, 15) is 9.59 Å². The van der Waals surface area contributed by atoms with Crippen molar-refractivity contribution < 1.29 is 14.3 Å². The second-order valence-corrected chi connectivity index (χ2v) is 4.22. The van der Waals surface area contributed by atoms with Gasteiger partial charge in [-0.15, -0.1) is 0 Å². The molecule has 2 rings (SSSR count). The van der Waals surface area contributed by atoms with Gasteiger partial charge in [0, 0.05) is 18.7 Å². The maximum absolute atomic E-state index is 12.1. The molecule has 1 heterocycles. The number of benzene rings is 1. The lowest BCUT2D eigenvalue weighted by molar-refractivity contribution is -0.123. The first kappa shape index (κ1) is 12.6. The van der Waals surface area contributed by atoms with Gasteiger partial charge in [0.05, 0.1) is 20.2 Å². The van der Waals surface area contributed by atoms with Crippen LogP contribution in [0.1, 0.15) is 10.4 Å². The SMILES string of the molecule is COc1cccc(C(=O)CN2CCNC(=O)C2)c1. The summed E-state index contributed by atoms with van der Waals surface area (Å²) in [5, 5.41) is 2.73. The van der Waals surface area contributed by atoms with Crippen molar-refractivity contribution in [3.63, 3.8) is 0 Å². The minimum Gasteiger partial charge on any atom is -0.497 e. The molecule has 0 atom stereocenters. The largest absolute Gasteiger partial charge is 0.497 e. The van der Waals surface area contributed by atoms with Crippen molar-refractivity contribution in [2.24, 2.45) is 0 Å². The Bertz CT molecular complexity index is 459. The van der Waals surface area contributed by atoms with Gasteiger partial charge in [0.25, 0.3) is 0 Å². The second-order valence-electron chi connectivity index (χ2n) is 4.22. The van der Waals surface area contributed by atoms with Crippen molar-refractivity contribution in [1.29, 1.82) is 0 Å². The molecule has 1 amide bonds. The lowest BCUT2D eigenvalue weighted by Gasteiger charge is -2.25. The van der Waals surface area contributed by atoms with Gasteiger partial charge < -0.3 is 10.1 Å². The number of carbonyl (C=O) groups is 2. The van der Waals surface area contributed by atoms with Gasteiger partial charge in [-0.2, -0.15) is 0 Å². The van der Waals surface area contributed by atoms with Crippen LogP contribution >= 0.6 is 0 Å². The van der Waals surface area contributed by atoms with E-state index in [1.54, 1.807) is 31.4 Å². The lowest BCUT2D eigenvalue weighted by Crippen LogP contribution is -2.49. The second kappa shape index (κ2) is 5.64. The number of hydrogen-bond acceptors (Lipinski definition) is 4. The summed E-state index contributed by atoms with van der Waals surface area (Å²) >= 11 is 0. The Labute approximate surface area is 106 Å². The number of nitrogens with one attached hydrogen (secondary N) is 1. The Morgan fingerprint density at radius 3 is 3.06 bits per heavy atom. The van der Waals surface area contributed by atoms with Crippen LogP contribution in [0.4, 0.5) is 0 Å². The highest BCUT2D eigenvalue weighted by Gasteiger charge is 2.19. The van der Waals surface area contributed by atoms with Crippen LogP contribution < -0.4 is 10.1 Å². The van der Waals surface area contributed by atoms with Gasteiger partial charge >= 0.3 is 0 Å².